The van der Waals surface area contributed by atoms with E-state index in [0.29, 0.717) is 19.3 Å². The average Bonchev–Trinajstić information content (AvgIpc) is 3.23. The molecule has 0 saturated heterocycles. The number of unbranched alkanes of at least 4 members (excludes halogenated alkanes) is 32. The van der Waals surface area contributed by atoms with Gasteiger partial charge in [-0.05, 0) is 37.0 Å². The molecule has 0 rings (SSSR count). The Morgan fingerprint density at radius 1 is 0.274 bits per heavy atom. The third kappa shape index (κ3) is 49.4. The number of rotatable bonds is 49. The molecule has 0 aromatic rings. The minimum Gasteiger partial charge on any atom is -0.462 e. The molecule has 0 fully saturated rings. The standard InChI is InChI=1S/C56H108O6/c1-50(2)42-36-30-24-20-16-12-8-7-9-15-19-23-27-35-41-47-56(59)62-53(49-61-55(58)46-40-34-29-28-32-38-44-52(5)6)48-60-54(57)45-39-33-26-22-18-14-11-10-13-17-21-25-31-37-43-51(3)4/h50-53H,7-49H2,1-6H3/t53-/m0/s1. The highest BCUT2D eigenvalue weighted by Crippen LogP contribution is 2.18. The molecule has 0 unspecified atom stereocenters. The second kappa shape index (κ2) is 47.4. The van der Waals surface area contributed by atoms with E-state index in [1.165, 1.54) is 186 Å². The van der Waals surface area contributed by atoms with Crippen LogP contribution in [0, 0.1) is 17.8 Å². The summed E-state index contributed by atoms with van der Waals surface area (Å²) in [6.07, 6.45) is 48.2. The first-order valence-corrected chi connectivity index (χ1v) is 27.6. The Kier molecular flexibility index (Phi) is 46.2. The van der Waals surface area contributed by atoms with Gasteiger partial charge in [-0.1, -0.05) is 266 Å². The Bertz CT molecular complexity index is 960. The molecule has 0 radical (unpaired) electrons. The molecular weight excluding hydrogens is 769 g/mol. The van der Waals surface area contributed by atoms with Crippen molar-refractivity contribution in [2.45, 2.75) is 311 Å². The first-order valence-electron chi connectivity index (χ1n) is 27.6. The molecule has 62 heavy (non-hydrogen) atoms. The molecule has 0 heterocycles. The summed E-state index contributed by atoms with van der Waals surface area (Å²) >= 11 is 0. The van der Waals surface area contributed by atoms with Crippen LogP contribution in [-0.4, -0.2) is 37.2 Å². The molecule has 0 amide bonds. The van der Waals surface area contributed by atoms with Crippen LogP contribution in [0.4, 0.5) is 0 Å². The van der Waals surface area contributed by atoms with E-state index >= 15 is 0 Å². The van der Waals surface area contributed by atoms with Crippen molar-refractivity contribution < 1.29 is 28.6 Å². The lowest BCUT2D eigenvalue weighted by Gasteiger charge is -2.18. The van der Waals surface area contributed by atoms with Gasteiger partial charge >= 0.3 is 17.9 Å². The summed E-state index contributed by atoms with van der Waals surface area (Å²) in [5.74, 6) is 1.60. The van der Waals surface area contributed by atoms with Crippen molar-refractivity contribution in [3.63, 3.8) is 0 Å². The molecule has 0 bridgehead atoms. The topological polar surface area (TPSA) is 78.9 Å². The van der Waals surface area contributed by atoms with Crippen LogP contribution in [0.1, 0.15) is 305 Å². The summed E-state index contributed by atoms with van der Waals surface area (Å²) < 4.78 is 16.8. The van der Waals surface area contributed by atoms with Gasteiger partial charge in [-0.3, -0.25) is 14.4 Å². The molecule has 0 N–H and O–H groups in total. The fraction of sp³-hybridized carbons (Fsp3) is 0.946. The molecule has 0 aliphatic rings. The van der Waals surface area contributed by atoms with Crippen LogP contribution < -0.4 is 0 Å². The third-order valence-electron chi connectivity index (χ3n) is 12.6. The van der Waals surface area contributed by atoms with Crippen molar-refractivity contribution in [2.24, 2.45) is 17.8 Å². The largest absolute Gasteiger partial charge is 0.462 e. The minimum atomic E-state index is -0.763. The Morgan fingerprint density at radius 2 is 0.468 bits per heavy atom. The molecule has 0 aliphatic carbocycles. The van der Waals surface area contributed by atoms with Crippen LogP contribution in [0.15, 0.2) is 0 Å². The first kappa shape index (κ1) is 60.4. The quantitative estimate of drug-likeness (QED) is 0.0344. The molecule has 6 nitrogen and oxygen atoms in total. The normalized spacial score (nSPS) is 12.1. The highest BCUT2D eigenvalue weighted by Gasteiger charge is 2.19. The van der Waals surface area contributed by atoms with Crippen LogP contribution in [0.25, 0.3) is 0 Å². The maximum atomic E-state index is 12.8. The van der Waals surface area contributed by atoms with Crippen LogP contribution in [0.3, 0.4) is 0 Å². The molecule has 0 aromatic heterocycles. The third-order valence-corrected chi connectivity index (χ3v) is 12.6. The molecule has 0 aliphatic heterocycles. The second-order valence-electron chi connectivity index (χ2n) is 20.6. The zero-order valence-electron chi connectivity index (χ0n) is 42.7. The van der Waals surface area contributed by atoms with Crippen molar-refractivity contribution in [1.82, 2.24) is 0 Å². The molecule has 1 atom stereocenters. The van der Waals surface area contributed by atoms with Gasteiger partial charge < -0.3 is 14.2 Å². The lowest BCUT2D eigenvalue weighted by atomic mass is 10.0. The number of carbonyl (C=O) groups excluding carboxylic acids is 3. The predicted molar refractivity (Wildman–Crippen MR) is 266 cm³/mol. The number of esters is 3. The van der Waals surface area contributed by atoms with Crippen LogP contribution >= 0.6 is 0 Å². The Hall–Kier alpha value is -1.59. The van der Waals surface area contributed by atoms with Gasteiger partial charge in [0.05, 0.1) is 0 Å². The lowest BCUT2D eigenvalue weighted by molar-refractivity contribution is -0.167. The summed E-state index contributed by atoms with van der Waals surface area (Å²) in [6, 6.07) is 0. The van der Waals surface area contributed by atoms with E-state index in [4.69, 9.17) is 14.2 Å². The lowest BCUT2D eigenvalue weighted by Crippen LogP contribution is -2.30. The first-order chi connectivity index (χ1) is 30.1. The molecule has 0 saturated carbocycles. The van der Waals surface area contributed by atoms with Crippen molar-refractivity contribution in [3.05, 3.63) is 0 Å². The summed E-state index contributed by atoms with van der Waals surface area (Å²) in [6.45, 7) is 13.7. The molecule has 6 heteroatoms. The SMILES string of the molecule is CC(C)CCCCCCCCCCCCCCCCCC(=O)O[C@@H](COC(=O)CCCCCCCCCCCCCCCCC(C)C)COC(=O)CCCCCCCCC(C)C. The van der Waals surface area contributed by atoms with Crippen LogP contribution in [0.2, 0.25) is 0 Å². The van der Waals surface area contributed by atoms with Crippen LogP contribution in [-0.2, 0) is 28.6 Å². The van der Waals surface area contributed by atoms with E-state index < -0.39 is 6.10 Å². The van der Waals surface area contributed by atoms with Gasteiger partial charge in [-0.15, -0.1) is 0 Å². The van der Waals surface area contributed by atoms with Gasteiger partial charge in [0.1, 0.15) is 13.2 Å². The zero-order chi connectivity index (χ0) is 45.6. The molecule has 0 aromatic carbocycles. The summed E-state index contributed by atoms with van der Waals surface area (Å²) in [4.78, 5) is 38.0. The smallest absolute Gasteiger partial charge is 0.306 e. The van der Waals surface area contributed by atoms with E-state index in [9.17, 15) is 14.4 Å². The average molecular weight is 877 g/mol. The highest BCUT2D eigenvalue weighted by atomic mass is 16.6. The number of carbonyl (C=O) groups is 3. The summed E-state index contributed by atoms with van der Waals surface area (Å²) in [5, 5.41) is 0. The van der Waals surface area contributed by atoms with E-state index in [2.05, 4.69) is 41.5 Å². The monoisotopic (exact) mass is 877 g/mol. The van der Waals surface area contributed by atoms with Crippen molar-refractivity contribution >= 4 is 17.9 Å². The van der Waals surface area contributed by atoms with Crippen molar-refractivity contribution in [2.75, 3.05) is 13.2 Å². The number of hydrogen-bond acceptors (Lipinski definition) is 6. The maximum Gasteiger partial charge on any atom is 0.306 e. The molecular formula is C56H108O6. The fourth-order valence-corrected chi connectivity index (χ4v) is 8.47. The second-order valence-corrected chi connectivity index (χ2v) is 20.6. The fourth-order valence-electron chi connectivity index (χ4n) is 8.47. The van der Waals surface area contributed by atoms with Gasteiger partial charge in [-0.2, -0.15) is 0 Å². The number of hydrogen-bond donors (Lipinski definition) is 0. The summed E-state index contributed by atoms with van der Waals surface area (Å²) in [7, 11) is 0. The van der Waals surface area contributed by atoms with Gasteiger partial charge in [0.15, 0.2) is 6.10 Å². The van der Waals surface area contributed by atoms with E-state index in [1.807, 2.05) is 0 Å². The van der Waals surface area contributed by atoms with Gasteiger partial charge in [-0.25, -0.2) is 0 Å². The highest BCUT2D eigenvalue weighted by molar-refractivity contribution is 5.71. The Morgan fingerprint density at radius 3 is 0.694 bits per heavy atom. The predicted octanol–water partition coefficient (Wildman–Crippen LogP) is 17.9. The Balaban J connectivity index is 4.24. The summed E-state index contributed by atoms with van der Waals surface area (Å²) in [5.41, 5.74) is 0. The molecule has 0 spiro atoms. The van der Waals surface area contributed by atoms with Crippen molar-refractivity contribution in [1.29, 1.82) is 0 Å². The van der Waals surface area contributed by atoms with E-state index in [1.54, 1.807) is 0 Å². The van der Waals surface area contributed by atoms with Crippen molar-refractivity contribution in [3.8, 4) is 0 Å². The van der Waals surface area contributed by atoms with Gasteiger partial charge in [0.25, 0.3) is 0 Å². The van der Waals surface area contributed by atoms with E-state index in [0.717, 1.165) is 75.5 Å². The zero-order valence-corrected chi connectivity index (χ0v) is 42.7. The van der Waals surface area contributed by atoms with Gasteiger partial charge in [0.2, 0.25) is 0 Å². The molecule has 368 valence electrons. The Labute approximate surface area is 387 Å². The van der Waals surface area contributed by atoms with E-state index in [-0.39, 0.29) is 31.1 Å². The van der Waals surface area contributed by atoms with Crippen LogP contribution in [0.5, 0.6) is 0 Å². The number of ether oxygens (including phenoxy) is 3. The maximum absolute atomic E-state index is 12.8. The van der Waals surface area contributed by atoms with Gasteiger partial charge in [0, 0.05) is 19.3 Å². The minimum absolute atomic E-state index is 0.0647.